The van der Waals surface area contributed by atoms with Gasteiger partial charge < -0.3 is 10.0 Å². The second kappa shape index (κ2) is 6.95. The largest absolute Gasteiger partial charge is 0.481 e. The molecule has 0 aliphatic carbocycles. The summed E-state index contributed by atoms with van der Waals surface area (Å²) in [4.78, 5) is 29.5. The highest BCUT2D eigenvalue weighted by Crippen LogP contribution is 2.21. The van der Waals surface area contributed by atoms with Gasteiger partial charge in [0, 0.05) is 19.0 Å². The number of carbonyl (C=O) groups excluding carboxylic acids is 1. The number of aryl methyl sites for hydroxylation is 1. The molecule has 0 fully saturated rings. The number of pyridine rings is 1. The average molecular weight is 352 g/mol. The van der Waals surface area contributed by atoms with Crippen LogP contribution in [0.5, 0.6) is 0 Å². The van der Waals surface area contributed by atoms with Crippen LogP contribution in [0.2, 0.25) is 0 Å². The maximum absolute atomic E-state index is 12.6. The van der Waals surface area contributed by atoms with Crippen LogP contribution in [0.25, 0.3) is 16.7 Å². The smallest absolute Gasteiger partial charge is 0.308 e. The highest BCUT2D eigenvalue weighted by Gasteiger charge is 2.21. The van der Waals surface area contributed by atoms with E-state index in [1.165, 1.54) is 4.90 Å². The lowest BCUT2D eigenvalue weighted by Crippen LogP contribution is -2.34. The predicted octanol–water partition coefficient (Wildman–Crippen LogP) is 2.52. The number of aliphatic carboxylic acids is 1. The number of aromatic nitrogens is 3. The summed E-state index contributed by atoms with van der Waals surface area (Å²) in [6, 6.07) is 13.1. The third kappa shape index (κ3) is 3.28. The van der Waals surface area contributed by atoms with E-state index >= 15 is 0 Å². The molecule has 3 rings (SSSR count). The van der Waals surface area contributed by atoms with Crippen molar-refractivity contribution in [1.82, 2.24) is 19.7 Å². The molecular formula is C19H20N4O3. The Morgan fingerprint density at radius 3 is 2.54 bits per heavy atom. The van der Waals surface area contributed by atoms with E-state index in [1.807, 2.05) is 43.3 Å². The van der Waals surface area contributed by atoms with Crippen molar-refractivity contribution in [3.63, 3.8) is 0 Å². The van der Waals surface area contributed by atoms with Crippen molar-refractivity contribution in [3.05, 3.63) is 53.9 Å². The molecule has 0 saturated carbocycles. The molecule has 7 heteroatoms. The molecule has 1 unspecified atom stereocenters. The van der Waals surface area contributed by atoms with Crippen LogP contribution >= 0.6 is 0 Å². The minimum Gasteiger partial charge on any atom is -0.481 e. The Labute approximate surface area is 150 Å². The average Bonchev–Trinajstić information content (AvgIpc) is 2.97. The van der Waals surface area contributed by atoms with Crippen LogP contribution in [-0.2, 0) is 4.79 Å². The van der Waals surface area contributed by atoms with E-state index in [2.05, 4.69) is 10.1 Å². The Kier molecular flexibility index (Phi) is 4.71. The van der Waals surface area contributed by atoms with Gasteiger partial charge in [-0.25, -0.2) is 9.67 Å². The third-order valence-corrected chi connectivity index (χ3v) is 4.25. The van der Waals surface area contributed by atoms with E-state index in [-0.39, 0.29) is 18.1 Å². The second-order valence-electron chi connectivity index (χ2n) is 6.33. The number of para-hydroxylation sites is 1. The fourth-order valence-electron chi connectivity index (χ4n) is 2.78. The number of carboxylic acid groups (broad SMARTS) is 1. The molecule has 2 aromatic heterocycles. The normalized spacial score (nSPS) is 12.1. The van der Waals surface area contributed by atoms with Gasteiger partial charge in [0.2, 0.25) is 0 Å². The standard InChI is InChI=1S/C19H20N4O3/c1-12(19(25)26)11-22(3)18(24)16-10-9-15-13(2)21-23(17(15)20-16)14-7-5-4-6-8-14/h4-10,12H,11H2,1-3H3,(H,25,26). The molecule has 0 radical (unpaired) electrons. The van der Waals surface area contributed by atoms with Gasteiger partial charge in [-0.2, -0.15) is 5.10 Å². The zero-order valence-electron chi connectivity index (χ0n) is 14.9. The molecule has 0 saturated heterocycles. The van der Waals surface area contributed by atoms with E-state index in [9.17, 15) is 9.59 Å². The van der Waals surface area contributed by atoms with Crippen LogP contribution < -0.4 is 0 Å². The quantitative estimate of drug-likeness (QED) is 0.762. The van der Waals surface area contributed by atoms with Gasteiger partial charge >= 0.3 is 5.97 Å². The topological polar surface area (TPSA) is 88.3 Å². The molecule has 0 aliphatic heterocycles. The molecule has 1 atom stereocenters. The lowest BCUT2D eigenvalue weighted by molar-refractivity contribution is -0.141. The number of carbonyl (C=O) groups is 2. The maximum atomic E-state index is 12.6. The molecule has 1 amide bonds. The number of amides is 1. The number of benzene rings is 1. The van der Waals surface area contributed by atoms with E-state index in [0.29, 0.717) is 5.65 Å². The van der Waals surface area contributed by atoms with Crippen LogP contribution in [0, 0.1) is 12.8 Å². The third-order valence-electron chi connectivity index (χ3n) is 4.25. The molecule has 0 spiro atoms. The summed E-state index contributed by atoms with van der Waals surface area (Å²) in [6.45, 7) is 3.58. The van der Waals surface area contributed by atoms with Crippen LogP contribution in [0.1, 0.15) is 23.1 Å². The lowest BCUT2D eigenvalue weighted by atomic mass is 10.1. The number of fused-ring (bicyclic) bond motifs is 1. The molecule has 134 valence electrons. The Morgan fingerprint density at radius 2 is 1.88 bits per heavy atom. The summed E-state index contributed by atoms with van der Waals surface area (Å²) < 4.78 is 1.71. The Balaban J connectivity index is 1.98. The highest BCUT2D eigenvalue weighted by atomic mass is 16.4. The first-order valence-corrected chi connectivity index (χ1v) is 8.28. The molecule has 7 nitrogen and oxygen atoms in total. The van der Waals surface area contributed by atoms with Crippen LogP contribution in [0.15, 0.2) is 42.5 Å². The molecule has 1 aromatic carbocycles. The van der Waals surface area contributed by atoms with Crippen LogP contribution in [-0.4, -0.2) is 50.2 Å². The fourth-order valence-corrected chi connectivity index (χ4v) is 2.78. The first-order valence-electron chi connectivity index (χ1n) is 8.28. The Hall–Kier alpha value is -3.22. The Bertz CT molecular complexity index is 966. The summed E-state index contributed by atoms with van der Waals surface area (Å²) in [5.74, 6) is -1.91. The van der Waals surface area contributed by atoms with Crippen molar-refractivity contribution < 1.29 is 14.7 Å². The molecule has 2 heterocycles. The molecule has 1 N–H and O–H groups in total. The number of hydrogen-bond acceptors (Lipinski definition) is 4. The number of carboxylic acids is 1. The van der Waals surface area contributed by atoms with Gasteiger partial charge in [-0.3, -0.25) is 9.59 Å². The van der Waals surface area contributed by atoms with Gasteiger partial charge in [-0.15, -0.1) is 0 Å². The highest BCUT2D eigenvalue weighted by molar-refractivity contribution is 5.95. The SMILES string of the molecule is Cc1nn(-c2ccccc2)c2nc(C(=O)N(C)CC(C)C(=O)O)ccc12. The van der Waals surface area contributed by atoms with E-state index < -0.39 is 11.9 Å². The fraction of sp³-hybridized carbons (Fsp3) is 0.263. The van der Waals surface area contributed by atoms with E-state index in [1.54, 1.807) is 24.7 Å². The van der Waals surface area contributed by atoms with E-state index in [0.717, 1.165) is 16.8 Å². The molecule has 3 aromatic rings. The zero-order valence-corrected chi connectivity index (χ0v) is 14.9. The number of nitrogens with zero attached hydrogens (tertiary/aromatic N) is 4. The first kappa shape index (κ1) is 17.6. The lowest BCUT2D eigenvalue weighted by Gasteiger charge is -2.19. The molecule has 0 aliphatic rings. The monoisotopic (exact) mass is 352 g/mol. The summed E-state index contributed by atoms with van der Waals surface area (Å²) >= 11 is 0. The summed E-state index contributed by atoms with van der Waals surface area (Å²) in [7, 11) is 1.58. The van der Waals surface area contributed by atoms with E-state index in [4.69, 9.17) is 5.11 Å². The minimum absolute atomic E-state index is 0.116. The van der Waals surface area contributed by atoms with Gasteiger partial charge in [0.25, 0.3) is 5.91 Å². The molecule has 0 bridgehead atoms. The number of rotatable bonds is 5. The van der Waals surface area contributed by atoms with Crippen molar-refractivity contribution in [2.75, 3.05) is 13.6 Å². The van der Waals surface area contributed by atoms with Gasteiger partial charge in [0.1, 0.15) is 5.69 Å². The van der Waals surface area contributed by atoms with Crippen LogP contribution in [0.3, 0.4) is 0 Å². The summed E-state index contributed by atoms with van der Waals surface area (Å²) in [5, 5.41) is 14.4. The van der Waals surface area contributed by atoms with Crippen molar-refractivity contribution in [1.29, 1.82) is 0 Å². The van der Waals surface area contributed by atoms with Crippen LogP contribution in [0.4, 0.5) is 0 Å². The van der Waals surface area contributed by atoms with Gasteiger partial charge in [0.15, 0.2) is 5.65 Å². The Morgan fingerprint density at radius 1 is 1.19 bits per heavy atom. The minimum atomic E-state index is -0.939. The molecule has 26 heavy (non-hydrogen) atoms. The second-order valence-corrected chi connectivity index (χ2v) is 6.33. The molecular weight excluding hydrogens is 332 g/mol. The predicted molar refractivity (Wildman–Crippen MR) is 97.4 cm³/mol. The summed E-state index contributed by atoms with van der Waals surface area (Å²) in [6.07, 6.45) is 0. The van der Waals surface area contributed by atoms with Crippen molar-refractivity contribution >= 4 is 22.9 Å². The zero-order chi connectivity index (χ0) is 18.8. The van der Waals surface area contributed by atoms with Crippen molar-refractivity contribution in [2.45, 2.75) is 13.8 Å². The van der Waals surface area contributed by atoms with Gasteiger partial charge in [-0.1, -0.05) is 25.1 Å². The van der Waals surface area contributed by atoms with Gasteiger partial charge in [0.05, 0.1) is 17.3 Å². The maximum Gasteiger partial charge on any atom is 0.308 e. The summed E-state index contributed by atoms with van der Waals surface area (Å²) in [5.41, 5.74) is 2.53. The van der Waals surface area contributed by atoms with Gasteiger partial charge in [-0.05, 0) is 31.2 Å². The first-order chi connectivity index (χ1) is 12.4. The van der Waals surface area contributed by atoms with Crippen molar-refractivity contribution in [3.8, 4) is 5.69 Å². The number of hydrogen-bond donors (Lipinski definition) is 1. The van der Waals surface area contributed by atoms with Crippen molar-refractivity contribution in [2.24, 2.45) is 5.92 Å².